The van der Waals surface area contributed by atoms with Crippen molar-refractivity contribution in [1.82, 2.24) is 20.0 Å². The van der Waals surface area contributed by atoms with Crippen LogP contribution in [0.25, 0.3) is 23.0 Å². The molecule has 0 spiro atoms. The largest absolute Gasteiger partial charge is 0.416 e. The van der Waals surface area contributed by atoms with E-state index in [2.05, 4.69) is 15.3 Å². The molecule has 0 aliphatic carbocycles. The molecule has 0 saturated carbocycles. The lowest BCUT2D eigenvalue weighted by Crippen LogP contribution is -2.04. The normalized spacial score (nSPS) is 11.9. The summed E-state index contributed by atoms with van der Waals surface area (Å²) < 4.78 is 45.2. The van der Waals surface area contributed by atoms with Crippen LogP contribution >= 0.6 is 0 Å². The molecular weight excluding hydrogens is 297 g/mol. The van der Waals surface area contributed by atoms with Crippen LogP contribution in [-0.4, -0.2) is 20.0 Å². The van der Waals surface area contributed by atoms with Crippen molar-refractivity contribution < 1.29 is 17.6 Å². The van der Waals surface area contributed by atoms with Crippen LogP contribution in [0.3, 0.4) is 0 Å². The Kier molecular flexibility index (Phi) is 3.23. The van der Waals surface area contributed by atoms with Crippen molar-refractivity contribution in [2.75, 3.05) is 0 Å². The van der Waals surface area contributed by atoms with Gasteiger partial charge in [0.25, 0.3) is 5.89 Å². The Hall–Kier alpha value is -2.64. The number of benzene rings is 1. The van der Waals surface area contributed by atoms with Crippen molar-refractivity contribution in [1.29, 1.82) is 0 Å². The van der Waals surface area contributed by atoms with Crippen molar-refractivity contribution in [2.24, 2.45) is 7.05 Å². The van der Waals surface area contributed by atoms with Crippen LogP contribution in [0, 0.1) is 6.92 Å². The maximum atomic E-state index is 12.7. The van der Waals surface area contributed by atoms with Crippen LogP contribution in [0.2, 0.25) is 0 Å². The highest BCUT2D eigenvalue weighted by Crippen LogP contribution is 2.32. The van der Waals surface area contributed by atoms with Gasteiger partial charge in [0.15, 0.2) is 0 Å². The Labute approximate surface area is 123 Å². The van der Waals surface area contributed by atoms with E-state index in [1.54, 1.807) is 17.8 Å². The molecule has 0 N–H and O–H groups in total. The van der Waals surface area contributed by atoms with Gasteiger partial charge >= 0.3 is 6.18 Å². The summed E-state index contributed by atoms with van der Waals surface area (Å²) in [5, 5.41) is 11.8. The smallest absolute Gasteiger partial charge is 0.415 e. The van der Waals surface area contributed by atoms with Gasteiger partial charge in [0.2, 0.25) is 5.89 Å². The molecule has 0 saturated heterocycles. The van der Waals surface area contributed by atoms with E-state index >= 15 is 0 Å². The van der Waals surface area contributed by atoms with E-state index in [-0.39, 0.29) is 17.3 Å². The van der Waals surface area contributed by atoms with Gasteiger partial charge in [-0.15, -0.1) is 10.2 Å². The molecule has 0 amide bonds. The van der Waals surface area contributed by atoms with Crippen LogP contribution in [-0.2, 0) is 13.2 Å². The summed E-state index contributed by atoms with van der Waals surface area (Å²) in [6.07, 6.45) is -4.42. The van der Waals surface area contributed by atoms with Gasteiger partial charge in [-0.25, -0.2) is 0 Å². The average molecular weight is 308 g/mol. The Balaban J connectivity index is 1.99. The number of aromatic nitrogens is 4. The highest BCUT2D eigenvalue weighted by atomic mass is 19.4. The summed E-state index contributed by atoms with van der Waals surface area (Å²) >= 11 is 0. The summed E-state index contributed by atoms with van der Waals surface area (Å²) in [7, 11) is 1.72. The number of nitrogens with zero attached hydrogens (tertiary/aromatic N) is 4. The second kappa shape index (κ2) is 4.97. The Morgan fingerprint density at radius 1 is 1.09 bits per heavy atom. The zero-order valence-electron chi connectivity index (χ0n) is 11.7. The first-order valence-corrected chi connectivity index (χ1v) is 6.37. The van der Waals surface area contributed by atoms with Crippen molar-refractivity contribution >= 4 is 0 Å². The molecule has 22 heavy (non-hydrogen) atoms. The van der Waals surface area contributed by atoms with Gasteiger partial charge in [-0.2, -0.15) is 18.3 Å². The fourth-order valence-corrected chi connectivity index (χ4v) is 2.08. The molecule has 8 heteroatoms. The Bertz CT molecular complexity index is 820. The second-order valence-corrected chi connectivity index (χ2v) is 4.79. The van der Waals surface area contributed by atoms with Crippen LogP contribution in [0.1, 0.15) is 11.3 Å². The predicted molar refractivity (Wildman–Crippen MR) is 71.7 cm³/mol. The number of alkyl halides is 3. The fraction of sp³-hybridized carbons (Fsp3) is 0.214. The third-order valence-corrected chi connectivity index (χ3v) is 3.08. The lowest BCUT2D eigenvalue weighted by Gasteiger charge is -2.06. The first kappa shape index (κ1) is 14.3. The van der Waals surface area contributed by atoms with Gasteiger partial charge in [-0.1, -0.05) is 6.07 Å². The molecule has 0 bridgehead atoms. The van der Waals surface area contributed by atoms with Gasteiger partial charge < -0.3 is 4.42 Å². The molecule has 5 nitrogen and oxygen atoms in total. The first-order chi connectivity index (χ1) is 10.3. The first-order valence-electron chi connectivity index (χ1n) is 6.37. The molecule has 114 valence electrons. The van der Waals surface area contributed by atoms with Gasteiger partial charge in [-0.05, 0) is 31.2 Å². The number of hydrogen-bond donors (Lipinski definition) is 0. The minimum atomic E-state index is -4.42. The van der Waals surface area contributed by atoms with Crippen LogP contribution in [0.5, 0.6) is 0 Å². The summed E-state index contributed by atoms with van der Waals surface area (Å²) in [6, 6.07) is 6.51. The third kappa shape index (κ3) is 2.59. The second-order valence-electron chi connectivity index (χ2n) is 4.79. The Morgan fingerprint density at radius 3 is 2.45 bits per heavy atom. The highest BCUT2D eigenvalue weighted by molar-refractivity contribution is 5.57. The number of hydrogen-bond acceptors (Lipinski definition) is 4. The monoisotopic (exact) mass is 308 g/mol. The highest BCUT2D eigenvalue weighted by Gasteiger charge is 2.30. The lowest BCUT2D eigenvalue weighted by molar-refractivity contribution is -0.137. The summed E-state index contributed by atoms with van der Waals surface area (Å²) in [4.78, 5) is 0. The maximum absolute atomic E-state index is 12.7. The molecule has 2 aromatic heterocycles. The minimum Gasteiger partial charge on any atom is -0.415 e. The van der Waals surface area contributed by atoms with E-state index in [0.29, 0.717) is 5.69 Å². The molecule has 3 aromatic rings. The number of aryl methyl sites for hydroxylation is 2. The quantitative estimate of drug-likeness (QED) is 0.727. The molecule has 0 unspecified atom stereocenters. The minimum absolute atomic E-state index is 0.0277. The summed E-state index contributed by atoms with van der Waals surface area (Å²) in [6.45, 7) is 1.81. The molecule has 0 aliphatic heterocycles. The van der Waals surface area contributed by atoms with Gasteiger partial charge in [0.1, 0.15) is 5.69 Å². The zero-order chi connectivity index (χ0) is 15.9. The van der Waals surface area contributed by atoms with Crippen LogP contribution in [0.15, 0.2) is 34.7 Å². The topological polar surface area (TPSA) is 56.7 Å². The van der Waals surface area contributed by atoms with E-state index in [4.69, 9.17) is 4.42 Å². The average Bonchev–Trinajstić information content (AvgIpc) is 3.04. The van der Waals surface area contributed by atoms with E-state index in [0.717, 1.165) is 17.8 Å². The van der Waals surface area contributed by atoms with Crippen LogP contribution in [0.4, 0.5) is 13.2 Å². The maximum Gasteiger partial charge on any atom is 0.416 e. The summed E-state index contributed by atoms with van der Waals surface area (Å²) in [5.41, 5.74) is 0.827. The lowest BCUT2D eigenvalue weighted by atomic mass is 10.1. The van der Waals surface area contributed by atoms with Crippen molar-refractivity contribution in [3.8, 4) is 23.0 Å². The summed E-state index contributed by atoms with van der Waals surface area (Å²) in [5.74, 6) is 0.232. The van der Waals surface area contributed by atoms with Crippen LogP contribution < -0.4 is 0 Å². The van der Waals surface area contributed by atoms with Crippen molar-refractivity contribution in [3.63, 3.8) is 0 Å². The van der Waals surface area contributed by atoms with E-state index < -0.39 is 11.7 Å². The predicted octanol–water partition coefficient (Wildman–Crippen LogP) is 3.46. The molecule has 0 atom stereocenters. The Morgan fingerprint density at radius 2 is 1.82 bits per heavy atom. The fourth-order valence-electron chi connectivity index (χ4n) is 2.08. The van der Waals surface area contributed by atoms with Crippen molar-refractivity contribution in [2.45, 2.75) is 13.1 Å². The van der Waals surface area contributed by atoms with Crippen molar-refractivity contribution in [3.05, 3.63) is 41.6 Å². The molecule has 1 aromatic carbocycles. The molecule has 0 aliphatic rings. The molecule has 2 heterocycles. The van der Waals surface area contributed by atoms with E-state index in [1.807, 2.05) is 6.92 Å². The standard InChI is InChI=1S/C14H11F3N4O/c1-8-6-11(21(2)20-8)13-19-18-12(22-13)9-4-3-5-10(7-9)14(15,16)17/h3-7H,1-2H3. The van der Waals surface area contributed by atoms with Gasteiger partial charge in [-0.3, -0.25) is 4.68 Å². The zero-order valence-corrected chi connectivity index (χ0v) is 11.7. The third-order valence-electron chi connectivity index (χ3n) is 3.08. The van der Waals surface area contributed by atoms with E-state index in [1.165, 1.54) is 12.1 Å². The molecule has 3 rings (SSSR count). The van der Waals surface area contributed by atoms with Gasteiger partial charge in [0, 0.05) is 12.6 Å². The van der Waals surface area contributed by atoms with E-state index in [9.17, 15) is 13.2 Å². The molecule has 0 radical (unpaired) electrons. The SMILES string of the molecule is Cc1cc(-c2nnc(-c3cccc(C(F)(F)F)c3)o2)n(C)n1. The number of halogens is 3. The molecular formula is C14H11F3N4O. The van der Waals surface area contributed by atoms with Gasteiger partial charge in [0.05, 0.1) is 11.3 Å². The molecule has 0 fully saturated rings. The number of rotatable bonds is 2.